The summed E-state index contributed by atoms with van der Waals surface area (Å²) in [5, 5.41) is 2.13. The fourth-order valence-corrected chi connectivity index (χ4v) is 3.02. The van der Waals surface area contributed by atoms with Gasteiger partial charge in [0.25, 0.3) is 17.7 Å². The molecule has 0 aromatic heterocycles. The van der Waals surface area contributed by atoms with Gasteiger partial charge in [0, 0.05) is 13.5 Å². The fourth-order valence-electron chi connectivity index (χ4n) is 3.02. The monoisotopic (exact) mass is 383 g/mol. The Bertz CT molecular complexity index is 932. The Balaban J connectivity index is 1.75. The van der Waals surface area contributed by atoms with Gasteiger partial charge in [-0.1, -0.05) is 5.92 Å². The van der Waals surface area contributed by atoms with Crippen LogP contribution in [0.1, 0.15) is 33.6 Å². The number of ether oxygens (including phenoxy) is 1. The van der Waals surface area contributed by atoms with Crippen molar-refractivity contribution >= 4 is 29.5 Å². The van der Waals surface area contributed by atoms with Gasteiger partial charge in [0.05, 0.1) is 17.7 Å². The predicted octanol–water partition coefficient (Wildman–Crippen LogP) is -0.442. The summed E-state index contributed by atoms with van der Waals surface area (Å²) in [6, 6.07) is 3.20. The first-order chi connectivity index (χ1) is 13.3. The molecule has 2 heterocycles. The van der Waals surface area contributed by atoms with Crippen molar-refractivity contribution in [3.63, 3.8) is 0 Å². The van der Waals surface area contributed by atoms with Crippen LogP contribution in [0.4, 0.5) is 0 Å². The van der Waals surface area contributed by atoms with Crippen molar-refractivity contribution in [3.8, 4) is 18.1 Å². The van der Waals surface area contributed by atoms with E-state index in [2.05, 4.69) is 11.2 Å². The van der Waals surface area contributed by atoms with Crippen LogP contribution < -0.4 is 10.1 Å². The summed E-state index contributed by atoms with van der Waals surface area (Å²) >= 11 is 0. The van der Waals surface area contributed by atoms with Crippen LogP contribution in [0.3, 0.4) is 0 Å². The van der Waals surface area contributed by atoms with Crippen LogP contribution in [0.5, 0.6) is 5.75 Å². The number of nitrogens with one attached hydrogen (secondary N) is 1. The van der Waals surface area contributed by atoms with Crippen LogP contribution in [0, 0.1) is 12.3 Å². The highest BCUT2D eigenvalue weighted by molar-refractivity contribution is 6.23. The molecule has 0 saturated carbocycles. The Kier molecular flexibility index (Phi) is 5.13. The molecule has 0 spiro atoms. The Hall–Kier alpha value is -3.67. The zero-order valence-electron chi connectivity index (χ0n) is 15.1. The first-order valence-electron chi connectivity index (χ1n) is 8.49. The summed E-state index contributed by atoms with van der Waals surface area (Å²) < 4.78 is 5.39. The third kappa shape index (κ3) is 3.44. The van der Waals surface area contributed by atoms with E-state index in [1.54, 1.807) is 0 Å². The fraction of sp³-hybridized carbons (Fsp3) is 0.316. The summed E-state index contributed by atoms with van der Waals surface area (Å²) in [6.07, 6.45) is 5.28. The van der Waals surface area contributed by atoms with E-state index in [1.165, 1.54) is 30.1 Å². The number of piperidine rings is 1. The molecule has 144 valence electrons. The van der Waals surface area contributed by atoms with Crippen molar-refractivity contribution in [1.82, 2.24) is 15.1 Å². The molecule has 1 fully saturated rings. The molecule has 0 bridgehead atoms. The number of amides is 5. The molecule has 0 radical (unpaired) electrons. The molecule has 28 heavy (non-hydrogen) atoms. The van der Waals surface area contributed by atoms with Gasteiger partial charge in [0.15, 0.2) is 6.61 Å². The molecular weight excluding hydrogens is 366 g/mol. The lowest BCUT2D eigenvalue weighted by molar-refractivity contribution is -0.136. The lowest BCUT2D eigenvalue weighted by Gasteiger charge is -2.27. The van der Waals surface area contributed by atoms with Gasteiger partial charge in [-0.3, -0.25) is 34.2 Å². The number of nitrogens with zero attached hydrogens (tertiary/aromatic N) is 2. The molecule has 3 rings (SSSR count). The SMILES string of the molecule is C#CCN(C)C(=O)COc1ccc2c(c1)C(=O)N(C1CCC(=O)NC1=O)C2=O. The molecule has 1 N–H and O–H groups in total. The molecule has 5 amide bonds. The van der Waals surface area contributed by atoms with Crippen LogP contribution >= 0.6 is 0 Å². The van der Waals surface area contributed by atoms with Crippen LogP contribution in [0.25, 0.3) is 0 Å². The average molecular weight is 383 g/mol. The minimum Gasteiger partial charge on any atom is -0.484 e. The van der Waals surface area contributed by atoms with E-state index < -0.39 is 29.7 Å². The van der Waals surface area contributed by atoms with Crippen LogP contribution in [-0.4, -0.2) is 65.6 Å². The predicted molar refractivity (Wildman–Crippen MR) is 95.1 cm³/mol. The smallest absolute Gasteiger partial charge is 0.262 e. The number of terminal acetylenes is 1. The van der Waals surface area contributed by atoms with Crippen LogP contribution in [-0.2, 0) is 14.4 Å². The van der Waals surface area contributed by atoms with Gasteiger partial charge in [-0.05, 0) is 24.6 Å². The van der Waals surface area contributed by atoms with E-state index in [1.807, 2.05) is 0 Å². The van der Waals surface area contributed by atoms with Crippen molar-refractivity contribution in [3.05, 3.63) is 29.3 Å². The number of benzene rings is 1. The summed E-state index contributed by atoms with van der Waals surface area (Å²) in [5.41, 5.74) is 0.217. The quantitative estimate of drug-likeness (QED) is 0.545. The Morgan fingerprint density at radius 2 is 2.00 bits per heavy atom. The Labute approximate surface area is 160 Å². The highest BCUT2D eigenvalue weighted by Gasteiger charge is 2.44. The zero-order valence-corrected chi connectivity index (χ0v) is 15.1. The molecule has 1 unspecified atom stereocenters. The third-order valence-electron chi connectivity index (χ3n) is 4.53. The van der Waals surface area contributed by atoms with Gasteiger partial charge >= 0.3 is 0 Å². The van der Waals surface area contributed by atoms with E-state index in [4.69, 9.17) is 11.2 Å². The summed E-state index contributed by atoms with van der Waals surface area (Å²) in [4.78, 5) is 62.7. The number of carbonyl (C=O) groups is 5. The van der Waals surface area contributed by atoms with E-state index in [-0.39, 0.29) is 48.8 Å². The van der Waals surface area contributed by atoms with Crippen LogP contribution in [0.2, 0.25) is 0 Å². The van der Waals surface area contributed by atoms with E-state index in [0.717, 1.165) is 4.90 Å². The van der Waals surface area contributed by atoms with Gasteiger partial charge in [0.1, 0.15) is 11.8 Å². The van der Waals surface area contributed by atoms with Crippen molar-refractivity contribution in [2.75, 3.05) is 20.2 Å². The number of likely N-dealkylation sites (N-methyl/N-ethyl adjacent to an activating group) is 1. The zero-order chi connectivity index (χ0) is 20.4. The second kappa shape index (κ2) is 7.52. The molecule has 0 aliphatic carbocycles. The molecule has 2 aliphatic heterocycles. The molecule has 9 nitrogen and oxygen atoms in total. The lowest BCUT2D eigenvalue weighted by atomic mass is 10.0. The van der Waals surface area contributed by atoms with Gasteiger partial charge < -0.3 is 9.64 Å². The van der Waals surface area contributed by atoms with Gasteiger partial charge in [-0.25, -0.2) is 0 Å². The van der Waals surface area contributed by atoms with Crippen LogP contribution in [0.15, 0.2) is 18.2 Å². The first kappa shape index (κ1) is 19.1. The maximum atomic E-state index is 12.7. The highest BCUT2D eigenvalue weighted by atomic mass is 16.5. The maximum absolute atomic E-state index is 12.7. The second-order valence-corrected chi connectivity index (χ2v) is 6.40. The largest absolute Gasteiger partial charge is 0.484 e. The lowest BCUT2D eigenvalue weighted by Crippen LogP contribution is -2.54. The number of imide groups is 2. The van der Waals surface area contributed by atoms with Crippen molar-refractivity contribution in [2.24, 2.45) is 0 Å². The normalized spacial score (nSPS) is 18.4. The van der Waals surface area contributed by atoms with Crippen molar-refractivity contribution in [1.29, 1.82) is 0 Å². The minimum atomic E-state index is -1.03. The molecule has 1 saturated heterocycles. The third-order valence-corrected chi connectivity index (χ3v) is 4.53. The molecule has 1 atom stereocenters. The second-order valence-electron chi connectivity index (χ2n) is 6.40. The summed E-state index contributed by atoms with van der Waals surface area (Å²) in [7, 11) is 1.54. The van der Waals surface area contributed by atoms with E-state index in [0.29, 0.717) is 0 Å². The summed E-state index contributed by atoms with van der Waals surface area (Å²) in [5.74, 6) is -0.133. The van der Waals surface area contributed by atoms with Gasteiger partial charge in [-0.2, -0.15) is 0 Å². The number of fused-ring (bicyclic) bond motifs is 1. The van der Waals surface area contributed by atoms with Crippen molar-refractivity contribution in [2.45, 2.75) is 18.9 Å². The standard InChI is InChI=1S/C19H17N3O6/c1-3-8-21(2)16(24)10-28-11-4-5-12-13(9-11)19(27)22(18(12)26)14-6-7-15(23)20-17(14)25/h1,4-5,9,14H,6-8,10H2,2H3,(H,20,23,25). The molecule has 2 aliphatic rings. The number of hydrogen-bond donors (Lipinski definition) is 1. The highest BCUT2D eigenvalue weighted by Crippen LogP contribution is 2.30. The molecule has 1 aromatic carbocycles. The number of rotatable bonds is 5. The van der Waals surface area contributed by atoms with E-state index in [9.17, 15) is 24.0 Å². The summed E-state index contributed by atoms with van der Waals surface area (Å²) in [6.45, 7) is -0.143. The number of carbonyl (C=O) groups excluding carboxylic acids is 5. The molecular formula is C19H17N3O6. The number of hydrogen-bond acceptors (Lipinski definition) is 6. The maximum Gasteiger partial charge on any atom is 0.262 e. The van der Waals surface area contributed by atoms with Gasteiger partial charge in [0.2, 0.25) is 11.8 Å². The Morgan fingerprint density at radius 1 is 1.29 bits per heavy atom. The molecule has 9 heteroatoms. The topological polar surface area (TPSA) is 113 Å². The molecule has 1 aromatic rings. The Morgan fingerprint density at radius 3 is 2.68 bits per heavy atom. The van der Waals surface area contributed by atoms with Gasteiger partial charge in [-0.15, -0.1) is 6.42 Å². The minimum absolute atomic E-state index is 0.0471. The first-order valence-corrected chi connectivity index (χ1v) is 8.49. The van der Waals surface area contributed by atoms with Crippen molar-refractivity contribution < 1.29 is 28.7 Å². The van der Waals surface area contributed by atoms with E-state index >= 15 is 0 Å². The average Bonchev–Trinajstić information content (AvgIpc) is 2.90.